The fraction of sp³-hybridized carbons (Fsp3) is 0.571. The number of halogens is 1. The second-order valence-corrected chi connectivity index (χ2v) is 12.0. The van der Waals surface area contributed by atoms with E-state index in [4.69, 9.17) is 18.7 Å². The van der Waals surface area contributed by atoms with Gasteiger partial charge in [0.05, 0.1) is 12.1 Å². The van der Waals surface area contributed by atoms with E-state index in [1.165, 1.54) is 31.3 Å². The Morgan fingerprint density at radius 3 is 2.64 bits per heavy atom. The van der Waals surface area contributed by atoms with Gasteiger partial charge in [-0.1, -0.05) is 16.9 Å². The van der Waals surface area contributed by atoms with E-state index >= 15 is 4.39 Å². The average molecular weight is 638 g/mol. The molecule has 2 N–H and O–H groups in total. The largest absolute Gasteiger partial charge is 0.575 e. The number of para-hydroxylation sites is 2. The molecule has 240 valence electrons. The van der Waals surface area contributed by atoms with Crippen LogP contribution in [0.2, 0.25) is 0 Å². The van der Waals surface area contributed by atoms with Gasteiger partial charge >= 0.3 is 19.8 Å². The Hall–Kier alpha value is -3.49. The number of aliphatic hydroxyl groups is 1. The number of hydrogen-bond donors (Lipinski definition) is 2. The van der Waals surface area contributed by atoms with Crippen LogP contribution in [0.15, 0.2) is 46.1 Å². The first-order valence-corrected chi connectivity index (χ1v) is 15.3. The third-order valence-electron chi connectivity index (χ3n) is 7.26. The minimum Gasteiger partial charge on any atom is -0.575 e. The zero-order valence-electron chi connectivity index (χ0n) is 25.1. The predicted molar refractivity (Wildman–Crippen MR) is 155 cm³/mol. The topological polar surface area (TPSA) is 177 Å². The third kappa shape index (κ3) is 7.77. The molecular formula is C28H37FN5O9P. The highest BCUT2D eigenvalue weighted by Crippen LogP contribution is 2.41. The fourth-order valence-corrected chi connectivity index (χ4v) is 5.65. The lowest BCUT2D eigenvalue weighted by molar-refractivity contribution is -0.170. The second kappa shape index (κ2) is 14.1. The molecule has 1 aromatic carbocycles. The van der Waals surface area contributed by atoms with Crippen molar-refractivity contribution >= 4 is 25.9 Å². The van der Waals surface area contributed by atoms with E-state index in [1.807, 2.05) is 11.9 Å². The van der Waals surface area contributed by atoms with E-state index in [-0.39, 0.29) is 42.0 Å². The molecular weight excluding hydrogens is 600 g/mol. The van der Waals surface area contributed by atoms with Crippen molar-refractivity contribution in [1.29, 1.82) is 0 Å². The van der Waals surface area contributed by atoms with Gasteiger partial charge in [-0.2, -0.15) is 4.98 Å². The Bertz CT molecular complexity index is 1440. The van der Waals surface area contributed by atoms with Crippen molar-refractivity contribution < 1.29 is 42.7 Å². The van der Waals surface area contributed by atoms with Crippen LogP contribution in [0.5, 0.6) is 11.5 Å². The highest BCUT2D eigenvalue weighted by molar-refractivity contribution is 7.34. The summed E-state index contributed by atoms with van der Waals surface area (Å²) in [5, 5.41) is 13.4. The molecule has 1 amide bonds. The zero-order valence-corrected chi connectivity index (χ0v) is 26.0. The van der Waals surface area contributed by atoms with E-state index in [0.717, 1.165) is 24.5 Å². The summed E-state index contributed by atoms with van der Waals surface area (Å²) in [6, 6.07) is 6.14. The van der Waals surface area contributed by atoms with E-state index < -0.39 is 50.0 Å². The van der Waals surface area contributed by atoms with Crippen molar-refractivity contribution in [3.8, 4) is 11.5 Å². The lowest BCUT2D eigenvalue weighted by atomic mass is 9.98. The van der Waals surface area contributed by atoms with Gasteiger partial charge in [-0.3, -0.25) is 18.8 Å². The number of amides is 1. The van der Waals surface area contributed by atoms with Crippen LogP contribution in [0, 0.1) is 0 Å². The number of nitrogens with zero attached hydrogens (tertiary/aromatic N) is 4. The maximum atomic E-state index is 15.8. The average Bonchev–Trinajstić information content (AvgIpc) is 3.48. The van der Waals surface area contributed by atoms with Gasteiger partial charge in [0.15, 0.2) is 23.7 Å². The summed E-state index contributed by atoms with van der Waals surface area (Å²) in [5.74, 6) is -0.812. The maximum Gasteiger partial charge on any atom is 0.395 e. The Balaban J connectivity index is 1.41. The van der Waals surface area contributed by atoms with Gasteiger partial charge in [0.1, 0.15) is 24.6 Å². The molecule has 0 radical (unpaired) electrons. The molecule has 2 aliphatic rings. The van der Waals surface area contributed by atoms with Gasteiger partial charge in [0.2, 0.25) is 11.7 Å². The lowest BCUT2D eigenvalue weighted by Crippen LogP contribution is -2.43. The van der Waals surface area contributed by atoms with Crippen molar-refractivity contribution in [1.82, 2.24) is 14.5 Å². The molecule has 1 aromatic heterocycles. The minimum atomic E-state index is -2.69. The van der Waals surface area contributed by atoms with Crippen molar-refractivity contribution in [2.45, 2.75) is 82.8 Å². The Kier molecular flexibility index (Phi) is 10.7. The summed E-state index contributed by atoms with van der Waals surface area (Å²) in [7, 11) is -0.851. The van der Waals surface area contributed by atoms with Crippen LogP contribution in [-0.4, -0.2) is 87.7 Å². The molecule has 2 aliphatic heterocycles. The number of carbonyl (C=O) groups excluding carboxylic acids is 2. The molecule has 7 atom stereocenters. The summed E-state index contributed by atoms with van der Waals surface area (Å²) in [4.78, 5) is 55.6. The van der Waals surface area contributed by atoms with E-state index in [9.17, 15) is 24.4 Å². The second-order valence-electron chi connectivity index (χ2n) is 11.1. The molecule has 0 saturated carbocycles. The summed E-state index contributed by atoms with van der Waals surface area (Å²) >= 11 is 0. The smallest absolute Gasteiger partial charge is 0.395 e. The molecule has 14 nitrogen and oxygen atoms in total. The van der Waals surface area contributed by atoms with Crippen molar-refractivity contribution in [2.24, 2.45) is 4.74 Å². The molecule has 16 heteroatoms. The van der Waals surface area contributed by atoms with Crippen LogP contribution < -0.4 is 25.2 Å². The van der Waals surface area contributed by atoms with E-state index in [0.29, 0.717) is 6.42 Å². The monoisotopic (exact) mass is 637 g/mol. The normalized spacial score (nSPS) is 26.4. The molecule has 1 unspecified atom stereocenters. The number of nitrogens with one attached hydrogen (secondary N) is 1. The van der Waals surface area contributed by atoms with Gasteiger partial charge in [0.25, 0.3) is 0 Å². The van der Waals surface area contributed by atoms with E-state index in [1.54, 1.807) is 26.0 Å². The molecule has 2 saturated heterocycles. The summed E-state index contributed by atoms with van der Waals surface area (Å²) in [6.07, 6.45) is -2.03. The van der Waals surface area contributed by atoms with Gasteiger partial charge in [-0.05, 0) is 72.3 Å². The van der Waals surface area contributed by atoms with Gasteiger partial charge in [0, 0.05) is 6.20 Å². The van der Waals surface area contributed by atoms with Gasteiger partial charge in [-0.15, -0.1) is 0 Å². The minimum absolute atomic E-state index is 0.0171. The Labute approximate surface area is 254 Å². The van der Waals surface area contributed by atoms with Crippen LogP contribution in [0.1, 0.15) is 46.8 Å². The number of anilines is 1. The molecule has 2 aromatic rings. The quantitative estimate of drug-likeness (QED) is 0.272. The van der Waals surface area contributed by atoms with Crippen LogP contribution in [0.4, 0.5) is 10.2 Å². The highest BCUT2D eigenvalue weighted by Gasteiger charge is 2.55. The van der Waals surface area contributed by atoms with Crippen molar-refractivity contribution in [3.63, 3.8) is 0 Å². The summed E-state index contributed by atoms with van der Waals surface area (Å²) in [6.45, 7) is 6.29. The van der Waals surface area contributed by atoms with Crippen LogP contribution >= 0.6 is 8.17 Å². The molecule has 2 fully saturated rings. The lowest BCUT2D eigenvalue weighted by Gasteiger charge is -2.25. The molecule has 0 aliphatic carbocycles. The first kappa shape index (κ1) is 33.4. The molecule has 0 bridgehead atoms. The van der Waals surface area contributed by atoms with Crippen LogP contribution in [-0.2, 0) is 19.1 Å². The summed E-state index contributed by atoms with van der Waals surface area (Å²) in [5.41, 5.74) is -3.31. The van der Waals surface area contributed by atoms with E-state index in [2.05, 4.69) is 15.0 Å². The standard InChI is InChI=1S/C28H37FN5O9P/c1-16(2)41-25(37)17(3)32-44(39)43-20-11-7-6-10-19(20)40-15-21-23(35)28(4,29)26(42-21)34-14-12-22(31-27(34)38)30-24(36)18-9-8-13-33(18)5/h6-7,10-12,14,16-18,21,23,26,35H,8-9,13,15H2,1-5H3,(H,30,31,36,38)/t17-,18+,21-,23-,26-,28-/m1/s1. The number of esters is 1. The molecule has 0 spiro atoms. The number of aromatic nitrogens is 2. The number of likely N-dealkylation sites (N-methyl/N-ethyl adjacent to an activating group) is 1. The SMILES string of the molecule is CC(C)OC(=O)[C@@H](C)N=[P+]([O-])Oc1ccccc1OC[C@H]1O[C@@H](n2ccc(NC(=O)[C@@H]3CCCN3C)nc2=O)[C@](C)(F)[C@@H]1O. The number of hydrogen-bond acceptors (Lipinski definition) is 12. The number of carbonyl (C=O) groups is 2. The first-order valence-electron chi connectivity index (χ1n) is 14.2. The Morgan fingerprint density at radius 2 is 2.00 bits per heavy atom. The zero-order chi connectivity index (χ0) is 32.2. The first-order chi connectivity index (χ1) is 20.8. The van der Waals surface area contributed by atoms with Crippen LogP contribution in [0.3, 0.4) is 0 Å². The van der Waals surface area contributed by atoms with Gasteiger partial charge in [-0.25, -0.2) is 14.0 Å². The Morgan fingerprint density at radius 1 is 1.30 bits per heavy atom. The highest BCUT2D eigenvalue weighted by atomic mass is 31.1. The molecule has 44 heavy (non-hydrogen) atoms. The number of ether oxygens (including phenoxy) is 3. The predicted octanol–water partition coefficient (Wildman–Crippen LogP) is 1.92. The number of alkyl halides is 1. The summed E-state index contributed by atoms with van der Waals surface area (Å²) < 4.78 is 42.4. The van der Waals surface area contributed by atoms with Crippen LogP contribution in [0.25, 0.3) is 0 Å². The van der Waals surface area contributed by atoms with Crippen molar-refractivity contribution in [2.75, 3.05) is 25.5 Å². The fourth-order valence-electron chi connectivity index (χ4n) is 4.91. The number of rotatable bonds is 11. The number of likely N-dealkylation sites (tertiary alicyclic amines) is 1. The van der Waals surface area contributed by atoms with Crippen molar-refractivity contribution in [3.05, 3.63) is 47.0 Å². The number of aliphatic hydroxyl groups excluding tert-OH is 1. The van der Waals surface area contributed by atoms with Gasteiger partial charge < -0.3 is 29.5 Å². The maximum absolute atomic E-state index is 15.8. The third-order valence-corrected chi connectivity index (χ3v) is 8.15. The molecule has 4 rings (SSSR count). The molecule has 3 heterocycles. The number of benzene rings is 1.